The number of aromatic nitrogens is 2. The third-order valence-corrected chi connectivity index (χ3v) is 6.81. The quantitative estimate of drug-likeness (QED) is 0.369. The summed E-state index contributed by atoms with van der Waals surface area (Å²) in [5.74, 6) is 2.36. The van der Waals surface area contributed by atoms with Gasteiger partial charge in [0.25, 0.3) is 5.82 Å². The van der Waals surface area contributed by atoms with Gasteiger partial charge in [0.15, 0.2) is 17.6 Å². The maximum absolute atomic E-state index is 13.2. The van der Waals surface area contributed by atoms with Crippen molar-refractivity contribution < 1.29 is 14.1 Å². The van der Waals surface area contributed by atoms with Gasteiger partial charge in [-0.15, -0.1) is 0 Å². The van der Waals surface area contributed by atoms with E-state index in [0.29, 0.717) is 17.8 Å². The van der Waals surface area contributed by atoms with Gasteiger partial charge in [0.2, 0.25) is 0 Å². The van der Waals surface area contributed by atoms with Crippen molar-refractivity contribution >= 4 is 22.7 Å². The van der Waals surface area contributed by atoms with Crippen molar-refractivity contribution in [2.45, 2.75) is 52.7 Å². The molecule has 0 amide bonds. The molecule has 0 radical (unpaired) electrons. The van der Waals surface area contributed by atoms with Gasteiger partial charge in [-0.2, -0.15) is 0 Å². The number of nitrogen functional groups attached to an aromatic ring is 1. The largest absolute Gasteiger partial charge is 0.459 e. The van der Waals surface area contributed by atoms with Crippen molar-refractivity contribution in [2.75, 3.05) is 5.73 Å². The Balaban J connectivity index is 1.67. The molecule has 1 aliphatic carbocycles. The first-order chi connectivity index (χ1) is 14.8. The second-order valence-electron chi connectivity index (χ2n) is 9.43. The van der Waals surface area contributed by atoms with Gasteiger partial charge in [-0.05, 0) is 67.0 Å². The minimum atomic E-state index is -0.164. The van der Waals surface area contributed by atoms with Crippen LogP contribution in [0.2, 0.25) is 0 Å². The smallest absolute Gasteiger partial charge is 0.348 e. The van der Waals surface area contributed by atoms with E-state index in [1.807, 2.05) is 43.4 Å². The number of nitrogens with zero attached hydrogens (tertiary/aromatic N) is 2. The van der Waals surface area contributed by atoms with Gasteiger partial charge in [0, 0.05) is 5.69 Å². The molecule has 5 heteroatoms. The summed E-state index contributed by atoms with van der Waals surface area (Å²) in [6, 6.07) is 16.0. The Morgan fingerprint density at radius 1 is 1.16 bits per heavy atom. The number of aryl methyl sites for hydroxylation is 1. The first-order valence-electron chi connectivity index (χ1n) is 11.4. The van der Waals surface area contributed by atoms with Crippen LogP contribution in [0.1, 0.15) is 40.0 Å². The molecule has 0 spiro atoms. The van der Waals surface area contributed by atoms with Gasteiger partial charge in [-0.1, -0.05) is 39.3 Å². The number of carbonyl (C=O) groups excluding carboxylic acids is 1. The molecule has 1 aliphatic rings. The fourth-order valence-electron chi connectivity index (χ4n) is 5.11. The molecule has 1 heterocycles. The van der Waals surface area contributed by atoms with Crippen LogP contribution in [0.25, 0.3) is 22.4 Å². The molecule has 4 rings (SSSR count). The zero-order valence-electron chi connectivity index (χ0n) is 19.0. The van der Waals surface area contributed by atoms with Gasteiger partial charge in [0.05, 0.1) is 12.6 Å². The third-order valence-electron chi connectivity index (χ3n) is 6.81. The number of ether oxygens (including phenoxy) is 1. The fraction of sp³-hybridized carbons (Fsp3) is 0.462. The molecule has 0 aliphatic heterocycles. The molecule has 5 nitrogen and oxygen atoms in total. The maximum Gasteiger partial charge on any atom is 0.348 e. The van der Waals surface area contributed by atoms with Gasteiger partial charge >= 0.3 is 5.97 Å². The van der Waals surface area contributed by atoms with E-state index in [-0.39, 0.29) is 18.6 Å². The number of carbonyl (C=O) groups is 1. The standard InChI is InChI=1S/C26H33N3O2/c1-17(2)21-14-9-18(3)15-24(21)31-25(30)16-29-23-8-6-5-7-22(23)28(4)26(29)19-10-12-20(27)13-11-19/h5-8,10-13,17-18,21,24,27H,9,14-16H2,1-4H3/p+1/t18-,21+,24-/m1/s1. The minimum Gasteiger partial charge on any atom is -0.459 e. The Kier molecular flexibility index (Phi) is 6.03. The lowest BCUT2D eigenvalue weighted by molar-refractivity contribution is -0.634. The van der Waals surface area contributed by atoms with E-state index in [1.54, 1.807) is 0 Å². The van der Waals surface area contributed by atoms with Crippen LogP contribution in [0.3, 0.4) is 0 Å². The summed E-state index contributed by atoms with van der Waals surface area (Å²) in [7, 11) is 2.04. The number of rotatable bonds is 5. The van der Waals surface area contributed by atoms with Gasteiger partial charge in [0.1, 0.15) is 6.10 Å². The van der Waals surface area contributed by atoms with Gasteiger partial charge in [-0.3, -0.25) is 0 Å². The summed E-state index contributed by atoms with van der Waals surface area (Å²) in [6.45, 7) is 6.92. The van der Waals surface area contributed by atoms with Crippen molar-refractivity contribution in [1.82, 2.24) is 4.57 Å². The molecule has 1 aromatic heterocycles. The Morgan fingerprint density at radius 2 is 1.87 bits per heavy atom. The average molecular weight is 421 g/mol. The molecule has 3 atom stereocenters. The maximum atomic E-state index is 13.2. The summed E-state index contributed by atoms with van der Waals surface area (Å²) in [5, 5.41) is 0. The van der Waals surface area contributed by atoms with Crippen LogP contribution >= 0.6 is 0 Å². The van der Waals surface area contributed by atoms with Crippen molar-refractivity contribution in [1.29, 1.82) is 0 Å². The van der Waals surface area contributed by atoms with Crippen LogP contribution in [-0.2, 0) is 23.1 Å². The lowest BCUT2D eigenvalue weighted by atomic mass is 9.75. The van der Waals surface area contributed by atoms with E-state index in [2.05, 4.69) is 42.0 Å². The van der Waals surface area contributed by atoms with Gasteiger partial charge in [-0.25, -0.2) is 13.9 Å². The molecule has 0 saturated heterocycles. The minimum absolute atomic E-state index is 0.00630. The van der Waals surface area contributed by atoms with Crippen LogP contribution < -0.4 is 10.3 Å². The van der Waals surface area contributed by atoms with Crippen molar-refractivity contribution in [2.24, 2.45) is 24.8 Å². The fourth-order valence-corrected chi connectivity index (χ4v) is 5.11. The van der Waals surface area contributed by atoms with E-state index >= 15 is 0 Å². The Hall–Kier alpha value is -2.82. The number of para-hydroxylation sites is 2. The topological polar surface area (TPSA) is 61.1 Å². The third kappa shape index (κ3) is 4.32. The summed E-state index contributed by atoms with van der Waals surface area (Å²) < 4.78 is 10.3. The average Bonchev–Trinajstić information content (AvgIpc) is 3.00. The number of benzene rings is 2. The van der Waals surface area contributed by atoms with Crippen LogP contribution in [0.4, 0.5) is 5.69 Å². The highest BCUT2D eigenvalue weighted by Gasteiger charge is 2.34. The molecule has 1 fully saturated rings. The first kappa shape index (κ1) is 21.4. The number of nitrogens with two attached hydrogens (primary N) is 1. The van der Waals surface area contributed by atoms with Gasteiger partial charge < -0.3 is 10.5 Å². The highest BCUT2D eigenvalue weighted by Crippen LogP contribution is 2.35. The number of esters is 1. The highest BCUT2D eigenvalue weighted by molar-refractivity contribution is 5.79. The molecular formula is C26H34N3O2+. The van der Waals surface area contributed by atoms with E-state index in [4.69, 9.17) is 10.5 Å². The predicted octanol–water partition coefficient (Wildman–Crippen LogP) is 4.72. The van der Waals surface area contributed by atoms with Crippen LogP contribution in [0.15, 0.2) is 48.5 Å². The first-order valence-corrected chi connectivity index (χ1v) is 11.4. The van der Waals surface area contributed by atoms with Crippen molar-refractivity contribution in [3.8, 4) is 11.4 Å². The highest BCUT2D eigenvalue weighted by atomic mass is 16.5. The molecular weight excluding hydrogens is 386 g/mol. The molecule has 164 valence electrons. The van der Waals surface area contributed by atoms with E-state index in [1.165, 1.54) is 6.42 Å². The van der Waals surface area contributed by atoms with Crippen LogP contribution in [-0.4, -0.2) is 16.6 Å². The molecule has 2 aromatic carbocycles. The lowest BCUT2D eigenvalue weighted by Crippen LogP contribution is -2.37. The Morgan fingerprint density at radius 3 is 2.58 bits per heavy atom. The summed E-state index contributed by atoms with van der Waals surface area (Å²) >= 11 is 0. The van der Waals surface area contributed by atoms with E-state index < -0.39 is 0 Å². The van der Waals surface area contributed by atoms with E-state index in [0.717, 1.165) is 41.0 Å². The molecule has 0 bridgehead atoms. The summed E-state index contributed by atoms with van der Waals surface area (Å²) in [4.78, 5) is 13.2. The monoisotopic (exact) mass is 420 g/mol. The molecule has 3 aromatic rings. The Bertz CT molecular complexity index is 1070. The SMILES string of the molecule is CC(C)[C@@H]1CC[C@@H](C)C[C@H]1OC(=O)Cn1c(-c2ccc(N)cc2)[n+](C)c2ccccc21. The molecule has 2 N–H and O–H groups in total. The molecule has 31 heavy (non-hydrogen) atoms. The predicted molar refractivity (Wildman–Crippen MR) is 124 cm³/mol. The number of imidazole rings is 1. The molecule has 0 unspecified atom stereocenters. The Labute approximate surface area is 184 Å². The van der Waals surface area contributed by atoms with Crippen LogP contribution in [0.5, 0.6) is 0 Å². The second kappa shape index (κ2) is 8.74. The summed E-state index contributed by atoms with van der Waals surface area (Å²) in [5.41, 5.74) is 9.74. The zero-order chi connectivity index (χ0) is 22.1. The normalized spacial score (nSPS) is 21.5. The second-order valence-corrected chi connectivity index (χ2v) is 9.43. The number of hydrogen-bond donors (Lipinski definition) is 1. The number of fused-ring (bicyclic) bond motifs is 1. The zero-order valence-corrected chi connectivity index (χ0v) is 19.0. The van der Waals surface area contributed by atoms with Crippen molar-refractivity contribution in [3.05, 3.63) is 48.5 Å². The number of anilines is 1. The summed E-state index contributed by atoms with van der Waals surface area (Å²) in [6.07, 6.45) is 3.32. The molecule has 1 saturated carbocycles. The number of hydrogen-bond acceptors (Lipinski definition) is 3. The van der Waals surface area contributed by atoms with Crippen LogP contribution in [0, 0.1) is 17.8 Å². The van der Waals surface area contributed by atoms with E-state index in [9.17, 15) is 4.79 Å². The van der Waals surface area contributed by atoms with Crippen molar-refractivity contribution in [3.63, 3.8) is 0 Å². The lowest BCUT2D eigenvalue weighted by Gasteiger charge is -2.36.